The van der Waals surface area contributed by atoms with Crippen LogP contribution in [0.4, 0.5) is 56.9 Å². The lowest BCUT2D eigenvalue weighted by Gasteiger charge is -2.52. The normalized spacial score (nSPS) is 25.3. The average molecular weight is 1280 g/mol. The first-order chi connectivity index (χ1) is 45.4. The van der Waals surface area contributed by atoms with Crippen molar-refractivity contribution >= 4 is 80.0 Å². The summed E-state index contributed by atoms with van der Waals surface area (Å²) < 4.78 is 0. The molecule has 2 saturated carbocycles. The monoisotopic (exact) mass is 1280 g/mol. The van der Waals surface area contributed by atoms with Crippen LogP contribution in [0, 0.1) is 0 Å². The fraction of sp³-hybridized carbons (Fsp3) is 0.478. The van der Waals surface area contributed by atoms with E-state index in [9.17, 15) is 0 Å². The van der Waals surface area contributed by atoms with E-state index in [1.165, 1.54) is 173 Å². The Hall–Kier alpha value is -6.98. The largest absolute Gasteiger partial charge is 0.334 e. The van der Waals surface area contributed by atoms with Crippen LogP contribution in [0.25, 0.3) is 11.1 Å². The first kappa shape index (κ1) is 64.7. The second-order valence-corrected chi connectivity index (χ2v) is 38.6. The van der Waals surface area contributed by atoms with Gasteiger partial charge < -0.3 is 19.6 Å². The van der Waals surface area contributed by atoms with Gasteiger partial charge in [-0.05, 0) is 242 Å². The molecule has 0 radical (unpaired) electrons. The number of hydrogen-bond acceptors (Lipinski definition) is 4. The molecule has 8 aromatic carbocycles. The molecule has 4 heterocycles. The summed E-state index contributed by atoms with van der Waals surface area (Å²) in [4.78, 5) is 11.4. The Morgan fingerprint density at radius 2 is 0.742 bits per heavy atom. The van der Waals surface area contributed by atoms with E-state index in [-0.39, 0.29) is 66.5 Å². The van der Waals surface area contributed by atoms with Crippen LogP contribution in [0.15, 0.2) is 146 Å². The molecule has 2 fully saturated rings. The highest BCUT2D eigenvalue weighted by Crippen LogP contribution is 2.65. The van der Waals surface area contributed by atoms with Crippen LogP contribution in [0.3, 0.4) is 0 Å². The molecule has 0 N–H and O–H groups in total. The van der Waals surface area contributed by atoms with E-state index in [1.807, 2.05) is 0 Å². The number of nitrogens with zero attached hydrogens (tertiary/aromatic N) is 4. The third kappa shape index (κ3) is 9.25. The summed E-state index contributed by atoms with van der Waals surface area (Å²) in [7, 11) is 0. The zero-order valence-corrected chi connectivity index (χ0v) is 63.2. The fourth-order valence-electron chi connectivity index (χ4n) is 20.8. The van der Waals surface area contributed by atoms with Crippen molar-refractivity contribution < 1.29 is 0 Å². The summed E-state index contributed by atoms with van der Waals surface area (Å²) in [5.74, 6) is 0. The Balaban J connectivity index is 1.07. The van der Waals surface area contributed by atoms with Gasteiger partial charge in [-0.25, -0.2) is 0 Å². The molecule has 16 rings (SSSR count). The van der Waals surface area contributed by atoms with Gasteiger partial charge in [0.2, 0.25) is 0 Å². The van der Waals surface area contributed by atoms with Gasteiger partial charge >= 0.3 is 0 Å². The maximum atomic E-state index is 2.91. The second-order valence-electron chi connectivity index (χ2n) is 38.6. The summed E-state index contributed by atoms with van der Waals surface area (Å²) in [5.41, 5.74) is 32.5. The minimum absolute atomic E-state index is 0.00767. The van der Waals surface area contributed by atoms with E-state index in [0.717, 1.165) is 38.5 Å². The highest BCUT2D eigenvalue weighted by molar-refractivity contribution is 7.00. The molecule has 502 valence electrons. The van der Waals surface area contributed by atoms with Crippen LogP contribution in [0.5, 0.6) is 0 Å². The van der Waals surface area contributed by atoms with Crippen LogP contribution in [0.1, 0.15) is 273 Å². The Labute approximate surface area is 585 Å². The Kier molecular flexibility index (Phi) is 13.9. The maximum absolute atomic E-state index is 2.91. The summed E-state index contributed by atoms with van der Waals surface area (Å²) in [6.45, 7) is 52.2. The van der Waals surface area contributed by atoms with Crippen LogP contribution in [-0.2, 0) is 48.7 Å². The maximum Gasteiger partial charge on any atom is 0.252 e. The van der Waals surface area contributed by atoms with Crippen LogP contribution >= 0.6 is 0 Å². The van der Waals surface area contributed by atoms with Crippen LogP contribution < -0.4 is 36.0 Å². The Morgan fingerprint density at radius 1 is 0.309 bits per heavy atom. The van der Waals surface area contributed by atoms with E-state index >= 15 is 0 Å². The Bertz CT molecular complexity index is 4590. The number of hydrogen-bond donors (Lipinski definition) is 0. The molecule has 8 aliphatic rings. The molecule has 4 atom stereocenters. The summed E-state index contributed by atoms with van der Waals surface area (Å²) in [6, 6.07) is 60.9. The molecule has 0 aromatic heterocycles. The minimum atomic E-state index is -0.204. The van der Waals surface area contributed by atoms with Gasteiger partial charge in [0.15, 0.2) is 0 Å². The molecule has 0 spiro atoms. The Morgan fingerprint density at radius 3 is 1.28 bits per heavy atom. The highest BCUT2D eigenvalue weighted by Gasteiger charge is 2.61. The molecule has 4 aliphatic heterocycles. The standard InChI is InChI=1S/C92H111BN4/c1-82(2,3)59-31-38-74(65(49-59)58-29-23-22-24-30-58)95-77-53-63(96-75-39-32-60(83(4,5)6)50-70(75)89(18)41-25-27-43-91(89,96)20)35-37-72(77)93-73-56-68-69(88(16,17)48-47-87(68,14)15)57-78(73)94(62-34-36-66-67(52-62)86(12,13)46-45-85(66,10)11)79-54-64(55-80(95)81(79)93)97-76-40-33-61(84(7,8)9)51-71(76)90(19)42-26-28-44-92(90,97)21/h22-24,29-40,49-57H,25-28,41-48H2,1-21H3. The third-order valence-electron chi connectivity index (χ3n) is 27.7. The molecule has 0 amide bonds. The lowest BCUT2D eigenvalue weighted by molar-refractivity contribution is 0.195. The van der Waals surface area contributed by atoms with Crippen molar-refractivity contribution in [3.05, 3.63) is 196 Å². The van der Waals surface area contributed by atoms with Gasteiger partial charge in [-0.15, -0.1) is 0 Å². The first-order valence-corrected chi connectivity index (χ1v) is 37.8. The van der Waals surface area contributed by atoms with Crippen molar-refractivity contribution in [2.75, 3.05) is 19.6 Å². The average Bonchev–Trinajstić information content (AvgIpc) is 1.66. The predicted molar refractivity (Wildman–Crippen MR) is 418 cm³/mol. The SMILES string of the molecule is CC(C)(C)c1ccc(N2c3cc(N4c5ccc(C(C)(C)C)cc5C5(C)CCCCC45C)ccc3B3c4cc5c(cc4N(c4ccc6c(c4)C(C)(C)CCC6(C)C)c4cc(N6c7ccc(C(C)(C)C)cc7C7(C)CCCCC67C)cc2c43)C(C)(C)CCC5(C)C)c(-c2ccccc2)c1. The van der Waals surface area contributed by atoms with Crippen molar-refractivity contribution in [1.82, 2.24) is 0 Å². The highest BCUT2D eigenvalue weighted by atomic mass is 15.3. The van der Waals surface area contributed by atoms with E-state index in [0.29, 0.717) is 0 Å². The zero-order chi connectivity index (χ0) is 68.7. The lowest BCUT2D eigenvalue weighted by atomic mass is 9.33. The van der Waals surface area contributed by atoms with E-state index in [2.05, 4.69) is 311 Å². The van der Waals surface area contributed by atoms with Crippen LogP contribution in [-0.4, -0.2) is 17.8 Å². The quantitative estimate of drug-likeness (QED) is 0.159. The van der Waals surface area contributed by atoms with Gasteiger partial charge in [0.25, 0.3) is 6.71 Å². The van der Waals surface area contributed by atoms with Gasteiger partial charge in [-0.3, -0.25) is 0 Å². The second kappa shape index (κ2) is 20.8. The van der Waals surface area contributed by atoms with E-state index < -0.39 is 0 Å². The summed E-state index contributed by atoms with van der Waals surface area (Å²) >= 11 is 0. The van der Waals surface area contributed by atoms with Crippen molar-refractivity contribution in [3.63, 3.8) is 0 Å². The van der Waals surface area contributed by atoms with Crippen LogP contribution in [0.2, 0.25) is 0 Å². The number of rotatable bonds is 5. The third-order valence-corrected chi connectivity index (χ3v) is 27.7. The molecule has 4 aliphatic carbocycles. The molecule has 5 heteroatoms. The topological polar surface area (TPSA) is 13.0 Å². The van der Waals surface area contributed by atoms with Crippen molar-refractivity contribution in [2.24, 2.45) is 0 Å². The van der Waals surface area contributed by atoms with Gasteiger partial charge in [0, 0.05) is 67.6 Å². The van der Waals surface area contributed by atoms with Crippen molar-refractivity contribution in [1.29, 1.82) is 0 Å². The first-order valence-electron chi connectivity index (χ1n) is 37.8. The predicted octanol–water partition coefficient (Wildman–Crippen LogP) is 23.5. The molecule has 4 nitrogen and oxygen atoms in total. The van der Waals surface area contributed by atoms with Gasteiger partial charge in [-0.2, -0.15) is 0 Å². The molecular weight excluding hydrogens is 1170 g/mol. The minimum Gasteiger partial charge on any atom is -0.334 e. The zero-order valence-electron chi connectivity index (χ0n) is 63.2. The lowest BCUT2D eigenvalue weighted by Crippen LogP contribution is -2.62. The number of benzene rings is 8. The smallest absolute Gasteiger partial charge is 0.252 e. The van der Waals surface area contributed by atoms with Crippen molar-refractivity contribution in [3.8, 4) is 11.1 Å². The van der Waals surface area contributed by atoms with Gasteiger partial charge in [0.05, 0.1) is 16.8 Å². The van der Waals surface area contributed by atoms with E-state index in [4.69, 9.17) is 0 Å². The number of fused-ring (bicyclic) bond motifs is 12. The number of anilines is 10. The van der Waals surface area contributed by atoms with Gasteiger partial charge in [-0.1, -0.05) is 236 Å². The molecule has 8 aromatic rings. The summed E-state index contributed by atoms with van der Waals surface area (Å²) in [6.07, 6.45) is 14.2. The summed E-state index contributed by atoms with van der Waals surface area (Å²) in [5, 5.41) is 0. The van der Waals surface area contributed by atoms with E-state index in [1.54, 1.807) is 0 Å². The molecular formula is C92H111BN4. The fourth-order valence-corrected chi connectivity index (χ4v) is 20.8. The van der Waals surface area contributed by atoms with Gasteiger partial charge in [0.1, 0.15) is 0 Å². The molecule has 0 bridgehead atoms. The molecule has 97 heavy (non-hydrogen) atoms. The van der Waals surface area contributed by atoms with Crippen molar-refractivity contribution in [2.45, 2.75) is 282 Å². The molecule has 0 saturated heterocycles. The molecule has 4 unspecified atom stereocenters.